The minimum absolute atomic E-state index is 0.00971. The molecule has 1 amide bonds. The first-order valence-corrected chi connectivity index (χ1v) is 11.1. The Balaban J connectivity index is 1.29. The number of benzene rings is 1. The Morgan fingerprint density at radius 1 is 0.926 bits per heavy atom. The first kappa shape index (κ1) is 17.7. The molecular weight excluding hydrogens is 332 g/mol. The van der Waals surface area contributed by atoms with E-state index >= 15 is 0 Å². The van der Waals surface area contributed by atoms with Crippen molar-refractivity contribution < 1.29 is 4.79 Å². The van der Waals surface area contributed by atoms with E-state index in [1.54, 1.807) is 0 Å². The second-order valence-electron chi connectivity index (χ2n) is 10.3. The van der Waals surface area contributed by atoms with E-state index in [2.05, 4.69) is 54.0 Å². The van der Waals surface area contributed by atoms with Crippen LogP contribution in [0.15, 0.2) is 30.3 Å². The van der Waals surface area contributed by atoms with Crippen molar-refractivity contribution in [2.75, 3.05) is 13.1 Å². The van der Waals surface area contributed by atoms with E-state index in [-0.39, 0.29) is 5.41 Å². The molecule has 1 heterocycles. The highest BCUT2D eigenvalue weighted by molar-refractivity contribution is 5.83. The molecule has 4 saturated carbocycles. The molecule has 0 spiro atoms. The molecule has 3 nitrogen and oxygen atoms in total. The highest BCUT2D eigenvalue weighted by atomic mass is 16.2. The lowest BCUT2D eigenvalue weighted by atomic mass is 9.49. The zero-order valence-corrected chi connectivity index (χ0v) is 16.9. The van der Waals surface area contributed by atoms with E-state index < -0.39 is 0 Å². The fraction of sp³-hybridized carbons (Fsp3) is 0.708. The third-order valence-corrected chi connectivity index (χ3v) is 8.09. The molecule has 1 aromatic carbocycles. The molecule has 0 aromatic heterocycles. The topological polar surface area (TPSA) is 23.6 Å². The van der Waals surface area contributed by atoms with Crippen molar-refractivity contribution in [1.29, 1.82) is 0 Å². The second-order valence-corrected chi connectivity index (χ2v) is 10.3. The van der Waals surface area contributed by atoms with Crippen LogP contribution in [0.3, 0.4) is 0 Å². The summed E-state index contributed by atoms with van der Waals surface area (Å²) in [7, 11) is 0. The number of carbonyl (C=O) groups excluding carboxylic acids is 1. The van der Waals surface area contributed by atoms with Crippen molar-refractivity contribution in [3.05, 3.63) is 35.9 Å². The van der Waals surface area contributed by atoms with Gasteiger partial charge in [0.2, 0.25) is 5.91 Å². The summed E-state index contributed by atoms with van der Waals surface area (Å²) in [6, 6.07) is 11.6. The van der Waals surface area contributed by atoms with Gasteiger partial charge in [-0.25, -0.2) is 0 Å². The van der Waals surface area contributed by atoms with Crippen LogP contribution in [0.25, 0.3) is 0 Å². The Bertz CT molecular complexity index is 652. The molecule has 6 rings (SSSR count). The van der Waals surface area contributed by atoms with Gasteiger partial charge in [-0.1, -0.05) is 30.3 Å². The molecular formula is C24H34N2O. The Labute approximate surface area is 164 Å². The van der Waals surface area contributed by atoms with Crippen molar-refractivity contribution in [1.82, 2.24) is 9.80 Å². The number of amides is 1. The summed E-state index contributed by atoms with van der Waals surface area (Å²) >= 11 is 0. The minimum atomic E-state index is 0.00971. The molecule has 4 bridgehead atoms. The summed E-state index contributed by atoms with van der Waals surface area (Å²) in [5.41, 5.74) is 1.38. The lowest BCUT2D eigenvalue weighted by molar-refractivity contribution is -0.162. The highest BCUT2D eigenvalue weighted by Gasteiger charge is 2.56. The van der Waals surface area contributed by atoms with Gasteiger partial charge in [0.15, 0.2) is 0 Å². The Morgan fingerprint density at radius 3 is 1.96 bits per heavy atom. The Kier molecular flexibility index (Phi) is 4.34. The number of nitrogens with zero attached hydrogens (tertiary/aromatic N) is 2. The van der Waals surface area contributed by atoms with Gasteiger partial charge in [-0.05, 0) is 75.7 Å². The molecule has 5 fully saturated rings. The third-order valence-electron chi connectivity index (χ3n) is 8.09. The van der Waals surface area contributed by atoms with Crippen LogP contribution in [-0.2, 0) is 11.3 Å². The maximum Gasteiger partial charge on any atom is 0.228 e. The average Bonchev–Trinajstić information content (AvgIpc) is 2.63. The van der Waals surface area contributed by atoms with Crippen molar-refractivity contribution in [3.8, 4) is 0 Å². The van der Waals surface area contributed by atoms with Gasteiger partial charge in [-0.15, -0.1) is 0 Å². The zero-order valence-electron chi connectivity index (χ0n) is 16.9. The lowest BCUT2D eigenvalue weighted by Gasteiger charge is -2.57. The van der Waals surface area contributed by atoms with Gasteiger partial charge in [0.1, 0.15) is 0 Å². The van der Waals surface area contributed by atoms with Gasteiger partial charge in [-0.2, -0.15) is 0 Å². The number of piperazine rings is 1. The summed E-state index contributed by atoms with van der Waals surface area (Å²) < 4.78 is 0. The van der Waals surface area contributed by atoms with Crippen LogP contribution in [0, 0.1) is 23.2 Å². The molecule has 2 unspecified atom stereocenters. The summed E-state index contributed by atoms with van der Waals surface area (Å²) in [5, 5.41) is 0. The maximum absolute atomic E-state index is 13.7. The predicted octanol–water partition coefficient (Wildman–Crippen LogP) is 4.32. The fourth-order valence-corrected chi connectivity index (χ4v) is 7.34. The third kappa shape index (κ3) is 3.12. The first-order chi connectivity index (χ1) is 13.0. The largest absolute Gasteiger partial charge is 0.339 e. The number of carbonyl (C=O) groups is 1. The maximum atomic E-state index is 13.7. The van der Waals surface area contributed by atoms with Gasteiger partial charge in [-0.3, -0.25) is 9.69 Å². The molecule has 4 aliphatic carbocycles. The molecule has 3 heteroatoms. The SMILES string of the molecule is CC1CN(C(=O)C23CC4CC(CC(C4)C2)C3)CC(C)N1Cc1ccccc1. The fourth-order valence-electron chi connectivity index (χ4n) is 7.34. The van der Waals surface area contributed by atoms with E-state index in [0.717, 1.165) is 37.4 Å². The van der Waals surface area contributed by atoms with E-state index in [9.17, 15) is 4.79 Å². The average molecular weight is 367 g/mol. The van der Waals surface area contributed by atoms with Crippen molar-refractivity contribution in [2.24, 2.45) is 23.2 Å². The van der Waals surface area contributed by atoms with Crippen LogP contribution in [0.2, 0.25) is 0 Å². The quantitative estimate of drug-likeness (QED) is 0.795. The van der Waals surface area contributed by atoms with E-state index in [0.29, 0.717) is 18.0 Å². The van der Waals surface area contributed by atoms with Crippen LogP contribution >= 0.6 is 0 Å². The summed E-state index contributed by atoms with van der Waals surface area (Å²) in [5.74, 6) is 3.04. The minimum Gasteiger partial charge on any atom is -0.339 e. The molecule has 0 N–H and O–H groups in total. The van der Waals surface area contributed by atoms with Crippen LogP contribution in [0.4, 0.5) is 0 Å². The van der Waals surface area contributed by atoms with Crippen LogP contribution in [0.5, 0.6) is 0 Å². The number of hydrogen-bond acceptors (Lipinski definition) is 2. The number of rotatable bonds is 3. The first-order valence-electron chi connectivity index (χ1n) is 11.1. The molecule has 1 aromatic rings. The Hall–Kier alpha value is -1.35. The molecule has 5 aliphatic rings. The van der Waals surface area contributed by atoms with Gasteiger partial charge in [0, 0.05) is 31.7 Å². The van der Waals surface area contributed by atoms with E-state index in [4.69, 9.17) is 0 Å². The second kappa shape index (κ2) is 6.62. The molecule has 146 valence electrons. The zero-order chi connectivity index (χ0) is 18.6. The van der Waals surface area contributed by atoms with Gasteiger partial charge >= 0.3 is 0 Å². The normalized spacial score (nSPS) is 41.1. The van der Waals surface area contributed by atoms with Gasteiger partial charge in [0.25, 0.3) is 0 Å². The smallest absolute Gasteiger partial charge is 0.228 e. The molecule has 2 atom stereocenters. The molecule has 1 saturated heterocycles. The van der Waals surface area contributed by atoms with Crippen molar-refractivity contribution in [3.63, 3.8) is 0 Å². The monoisotopic (exact) mass is 366 g/mol. The van der Waals surface area contributed by atoms with Gasteiger partial charge < -0.3 is 4.90 Å². The summed E-state index contributed by atoms with van der Waals surface area (Å²) in [4.78, 5) is 18.6. The van der Waals surface area contributed by atoms with Crippen molar-refractivity contribution in [2.45, 2.75) is 71.0 Å². The predicted molar refractivity (Wildman–Crippen MR) is 108 cm³/mol. The highest BCUT2D eigenvalue weighted by Crippen LogP contribution is 2.60. The van der Waals surface area contributed by atoms with Crippen molar-refractivity contribution >= 4 is 5.91 Å². The van der Waals surface area contributed by atoms with Crippen LogP contribution < -0.4 is 0 Å². The van der Waals surface area contributed by atoms with Crippen LogP contribution in [0.1, 0.15) is 57.9 Å². The number of hydrogen-bond donors (Lipinski definition) is 0. The summed E-state index contributed by atoms with van der Waals surface area (Å²) in [6.45, 7) is 7.40. The van der Waals surface area contributed by atoms with Gasteiger partial charge in [0.05, 0.1) is 5.41 Å². The Morgan fingerprint density at radius 2 is 1.44 bits per heavy atom. The summed E-state index contributed by atoms with van der Waals surface area (Å²) in [6.07, 6.45) is 7.78. The molecule has 1 aliphatic heterocycles. The molecule has 27 heavy (non-hydrogen) atoms. The molecule has 0 radical (unpaired) electrons. The van der Waals surface area contributed by atoms with E-state index in [1.165, 1.54) is 44.1 Å². The standard InChI is InChI=1S/C24H34N2O/c1-17-14-25(15-18(2)26(17)16-19-6-4-3-5-7-19)23(27)24-11-20-8-21(12-24)10-22(9-20)13-24/h3-7,17-18,20-22H,8-16H2,1-2H3. The van der Waals surface area contributed by atoms with E-state index in [1.807, 2.05) is 0 Å². The lowest BCUT2D eigenvalue weighted by Crippen LogP contribution is -2.62. The van der Waals surface area contributed by atoms with Crippen LogP contribution in [-0.4, -0.2) is 40.9 Å².